The van der Waals surface area contributed by atoms with E-state index in [9.17, 15) is 0 Å². The Morgan fingerprint density at radius 1 is 1.21 bits per heavy atom. The minimum atomic E-state index is 0.750. The highest BCUT2D eigenvalue weighted by molar-refractivity contribution is 14.1. The Balaban J connectivity index is 2.66. The number of hydrogen-bond acceptors (Lipinski definition) is 0. The molecule has 0 aromatic heterocycles. The molecule has 0 radical (unpaired) electrons. The monoisotopic (exact) mass is 302 g/mol. The van der Waals surface area contributed by atoms with Gasteiger partial charge in [0.05, 0.1) is 0 Å². The molecular weight excluding hydrogens is 283 g/mol. The number of benzene rings is 1. The van der Waals surface area contributed by atoms with Crippen LogP contribution in [0.5, 0.6) is 0 Å². The van der Waals surface area contributed by atoms with Crippen molar-refractivity contribution in [2.24, 2.45) is 5.92 Å². The Labute approximate surface area is 101 Å². The fraction of sp³-hybridized carbons (Fsp3) is 0.538. The second-order valence-corrected chi connectivity index (χ2v) is 5.74. The van der Waals surface area contributed by atoms with Crippen molar-refractivity contribution < 1.29 is 0 Å². The Morgan fingerprint density at radius 2 is 1.86 bits per heavy atom. The van der Waals surface area contributed by atoms with E-state index in [1.54, 1.807) is 0 Å². The zero-order valence-corrected chi connectivity index (χ0v) is 11.4. The van der Waals surface area contributed by atoms with Gasteiger partial charge in [-0.2, -0.15) is 0 Å². The van der Waals surface area contributed by atoms with Crippen molar-refractivity contribution in [1.82, 2.24) is 0 Å². The molecule has 1 atom stereocenters. The average molecular weight is 302 g/mol. The standard InChI is InChI=1S/C13H19I/c1-4-11-6-5-7-12(8-11)9-13(14)10(2)3/h5-8,10,13H,4,9H2,1-3H3. The van der Waals surface area contributed by atoms with E-state index in [1.807, 2.05) is 0 Å². The van der Waals surface area contributed by atoms with E-state index in [1.165, 1.54) is 17.5 Å². The van der Waals surface area contributed by atoms with Gasteiger partial charge >= 0.3 is 0 Å². The first-order valence-corrected chi connectivity index (χ1v) is 6.60. The molecule has 78 valence electrons. The van der Waals surface area contributed by atoms with Gasteiger partial charge in [-0.15, -0.1) is 0 Å². The van der Waals surface area contributed by atoms with Gasteiger partial charge in [0.2, 0.25) is 0 Å². The summed E-state index contributed by atoms with van der Waals surface area (Å²) in [4.78, 5) is 0. The number of aryl methyl sites for hydroxylation is 1. The highest BCUT2D eigenvalue weighted by Gasteiger charge is 2.09. The Hall–Kier alpha value is -0.0500. The summed E-state index contributed by atoms with van der Waals surface area (Å²) < 4.78 is 0.750. The fourth-order valence-electron chi connectivity index (χ4n) is 1.44. The van der Waals surface area contributed by atoms with Crippen molar-refractivity contribution in [1.29, 1.82) is 0 Å². The van der Waals surface area contributed by atoms with Crippen molar-refractivity contribution in [3.63, 3.8) is 0 Å². The van der Waals surface area contributed by atoms with Crippen molar-refractivity contribution in [2.75, 3.05) is 0 Å². The fourth-order valence-corrected chi connectivity index (χ4v) is 1.95. The van der Waals surface area contributed by atoms with Crippen LogP contribution >= 0.6 is 22.6 Å². The van der Waals surface area contributed by atoms with Gasteiger partial charge < -0.3 is 0 Å². The Bertz CT molecular complexity index is 278. The summed E-state index contributed by atoms with van der Waals surface area (Å²) in [5.74, 6) is 0.765. The van der Waals surface area contributed by atoms with Crippen molar-refractivity contribution >= 4 is 22.6 Å². The van der Waals surface area contributed by atoms with Gasteiger partial charge in [-0.25, -0.2) is 0 Å². The molecule has 1 unspecified atom stereocenters. The van der Waals surface area contributed by atoms with Crippen LogP contribution < -0.4 is 0 Å². The summed E-state index contributed by atoms with van der Waals surface area (Å²) >= 11 is 2.56. The molecular formula is C13H19I. The van der Waals surface area contributed by atoms with Crippen molar-refractivity contribution in [2.45, 2.75) is 37.5 Å². The zero-order valence-electron chi connectivity index (χ0n) is 9.26. The number of halogens is 1. The third-order valence-electron chi connectivity index (χ3n) is 2.55. The lowest BCUT2D eigenvalue weighted by Gasteiger charge is -2.14. The molecule has 14 heavy (non-hydrogen) atoms. The maximum atomic E-state index is 2.56. The van der Waals surface area contributed by atoms with Crippen molar-refractivity contribution in [3.05, 3.63) is 35.4 Å². The second kappa shape index (κ2) is 5.74. The van der Waals surface area contributed by atoms with Crippen LogP contribution in [-0.2, 0) is 12.8 Å². The highest BCUT2D eigenvalue weighted by atomic mass is 127. The lowest BCUT2D eigenvalue weighted by atomic mass is 10.0. The molecule has 1 aromatic rings. The van der Waals surface area contributed by atoms with Crippen LogP contribution in [0.1, 0.15) is 31.9 Å². The molecule has 0 aliphatic heterocycles. The summed E-state index contributed by atoms with van der Waals surface area (Å²) in [5.41, 5.74) is 2.94. The SMILES string of the molecule is CCc1cccc(CC(I)C(C)C)c1. The quantitative estimate of drug-likeness (QED) is 0.576. The van der Waals surface area contributed by atoms with E-state index in [4.69, 9.17) is 0 Å². The molecule has 0 bridgehead atoms. The summed E-state index contributed by atoms with van der Waals surface area (Å²) in [6.07, 6.45) is 2.34. The number of alkyl halides is 1. The maximum Gasteiger partial charge on any atom is 0.0173 e. The normalized spacial score (nSPS) is 13.2. The topological polar surface area (TPSA) is 0 Å². The molecule has 0 aliphatic rings. The minimum Gasteiger partial charge on any atom is -0.0820 e. The highest BCUT2D eigenvalue weighted by Crippen LogP contribution is 2.19. The van der Waals surface area contributed by atoms with E-state index in [-0.39, 0.29) is 0 Å². The third-order valence-corrected chi connectivity index (χ3v) is 4.43. The van der Waals surface area contributed by atoms with Crippen LogP contribution in [-0.4, -0.2) is 3.92 Å². The molecule has 0 aliphatic carbocycles. The largest absolute Gasteiger partial charge is 0.0820 e. The van der Waals surface area contributed by atoms with Crippen molar-refractivity contribution in [3.8, 4) is 0 Å². The first-order chi connectivity index (χ1) is 6.63. The lowest BCUT2D eigenvalue weighted by molar-refractivity contribution is 0.623. The lowest BCUT2D eigenvalue weighted by Crippen LogP contribution is -2.10. The molecule has 1 aromatic carbocycles. The predicted octanol–water partition coefficient (Wildman–Crippen LogP) is 4.25. The average Bonchev–Trinajstić information content (AvgIpc) is 2.18. The van der Waals surface area contributed by atoms with Gasteiger partial charge in [0, 0.05) is 3.92 Å². The van der Waals surface area contributed by atoms with Crippen LogP contribution in [0.15, 0.2) is 24.3 Å². The van der Waals surface area contributed by atoms with Gasteiger partial charge in [-0.05, 0) is 29.9 Å². The summed E-state index contributed by atoms with van der Waals surface area (Å²) in [6.45, 7) is 6.80. The summed E-state index contributed by atoms with van der Waals surface area (Å²) in [5, 5.41) is 0. The molecule has 0 saturated carbocycles. The molecule has 0 nitrogen and oxygen atoms in total. The Morgan fingerprint density at radius 3 is 2.43 bits per heavy atom. The summed E-state index contributed by atoms with van der Waals surface area (Å²) in [7, 11) is 0. The van der Waals surface area contributed by atoms with Gasteiger partial charge in [0.15, 0.2) is 0 Å². The van der Waals surface area contributed by atoms with E-state index < -0.39 is 0 Å². The van der Waals surface area contributed by atoms with Crippen LogP contribution in [0.4, 0.5) is 0 Å². The van der Waals surface area contributed by atoms with Gasteiger partial charge in [0.1, 0.15) is 0 Å². The van der Waals surface area contributed by atoms with E-state index >= 15 is 0 Å². The number of hydrogen-bond donors (Lipinski definition) is 0. The summed E-state index contributed by atoms with van der Waals surface area (Å²) in [6, 6.07) is 8.97. The first kappa shape index (κ1) is 12.0. The van der Waals surface area contributed by atoms with Gasteiger partial charge in [-0.1, -0.05) is 67.6 Å². The zero-order chi connectivity index (χ0) is 10.6. The molecule has 0 fully saturated rings. The second-order valence-electron chi connectivity index (χ2n) is 4.14. The molecule has 0 spiro atoms. The third kappa shape index (κ3) is 3.60. The smallest absolute Gasteiger partial charge is 0.0173 e. The van der Waals surface area contributed by atoms with E-state index in [0.29, 0.717) is 0 Å². The minimum absolute atomic E-state index is 0.750. The molecule has 0 heterocycles. The van der Waals surface area contributed by atoms with Crippen LogP contribution in [0.2, 0.25) is 0 Å². The maximum absolute atomic E-state index is 2.56. The Kier molecular flexibility index (Phi) is 4.93. The predicted molar refractivity (Wildman–Crippen MR) is 72.2 cm³/mol. The van der Waals surface area contributed by atoms with Crippen LogP contribution in [0.25, 0.3) is 0 Å². The van der Waals surface area contributed by atoms with Crippen LogP contribution in [0, 0.1) is 5.92 Å². The number of rotatable bonds is 4. The molecule has 0 amide bonds. The van der Waals surface area contributed by atoms with Gasteiger partial charge in [0.25, 0.3) is 0 Å². The van der Waals surface area contributed by atoms with Gasteiger partial charge in [-0.3, -0.25) is 0 Å². The first-order valence-electron chi connectivity index (χ1n) is 5.35. The van der Waals surface area contributed by atoms with Crippen LogP contribution in [0.3, 0.4) is 0 Å². The molecule has 1 rings (SSSR count). The molecule has 0 N–H and O–H groups in total. The van der Waals surface area contributed by atoms with E-state index in [2.05, 4.69) is 67.6 Å². The molecule has 1 heteroatoms. The van der Waals surface area contributed by atoms with E-state index in [0.717, 1.165) is 16.3 Å². The molecule has 0 saturated heterocycles.